The van der Waals surface area contributed by atoms with Crippen LogP contribution in [-0.4, -0.2) is 6.10 Å². The summed E-state index contributed by atoms with van der Waals surface area (Å²) >= 11 is 1.93. The molecule has 3 heteroatoms. The minimum atomic E-state index is -0.0904. The third kappa shape index (κ3) is 5.38. The van der Waals surface area contributed by atoms with Crippen molar-refractivity contribution in [2.75, 3.05) is 4.90 Å². The van der Waals surface area contributed by atoms with Crippen LogP contribution < -0.4 is 9.64 Å². The number of fused-ring (bicyclic) bond motifs is 8. The van der Waals surface area contributed by atoms with Gasteiger partial charge in [-0.2, -0.15) is 0 Å². The fourth-order valence-corrected chi connectivity index (χ4v) is 10.2. The second-order valence-corrected chi connectivity index (χ2v) is 15.7. The fraction of sp³-hybridized carbons (Fsp3) is 0.0769. The van der Waals surface area contributed by atoms with Crippen LogP contribution in [0.4, 0.5) is 17.1 Å². The zero-order chi connectivity index (χ0) is 36.3. The predicted molar refractivity (Wildman–Crippen MR) is 233 cm³/mol. The fourth-order valence-electron chi connectivity index (χ4n) is 8.91. The van der Waals surface area contributed by atoms with E-state index in [4.69, 9.17) is 4.74 Å². The van der Waals surface area contributed by atoms with E-state index in [-0.39, 0.29) is 12.0 Å². The van der Waals surface area contributed by atoms with Crippen molar-refractivity contribution in [1.82, 2.24) is 0 Å². The van der Waals surface area contributed by atoms with Gasteiger partial charge in [-0.25, -0.2) is 0 Å². The molecule has 0 bridgehead atoms. The van der Waals surface area contributed by atoms with Crippen LogP contribution in [0.3, 0.4) is 0 Å². The normalized spacial score (nSPS) is 16.7. The molecular weight excluding hydrogens is 687 g/mol. The van der Waals surface area contributed by atoms with E-state index in [9.17, 15) is 0 Å². The highest BCUT2D eigenvalue weighted by atomic mass is 32.1. The van der Waals surface area contributed by atoms with E-state index in [0.717, 1.165) is 35.7 Å². The van der Waals surface area contributed by atoms with E-state index in [1.54, 1.807) is 0 Å². The first-order valence-corrected chi connectivity index (χ1v) is 20.0. The smallest absolute Gasteiger partial charge is 0.135 e. The highest BCUT2D eigenvalue weighted by Gasteiger charge is 2.38. The van der Waals surface area contributed by atoms with Gasteiger partial charge in [-0.1, -0.05) is 140 Å². The highest BCUT2D eigenvalue weighted by molar-refractivity contribution is 7.20. The quantitative estimate of drug-likeness (QED) is 0.169. The zero-order valence-corrected chi connectivity index (χ0v) is 31.0. The maximum Gasteiger partial charge on any atom is 0.135 e. The molecule has 0 saturated carbocycles. The molecule has 2 unspecified atom stereocenters. The van der Waals surface area contributed by atoms with Crippen LogP contribution >= 0.6 is 11.3 Å². The summed E-state index contributed by atoms with van der Waals surface area (Å²) in [6.45, 7) is 0. The largest absolute Gasteiger partial charge is 0.484 e. The van der Waals surface area contributed by atoms with Crippen LogP contribution in [0.25, 0.3) is 54.8 Å². The van der Waals surface area contributed by atoms with E-state index in [2.05, 4.69) is 193 Å². The summed E-state index contributed by atoms with van der Waals surface area (Å²) < 4.78 is 8.35. The molecule has 0 saturated heterocycles. The molecule has 2 nitrogen and oxygen atoms in total. The number of hydrogen-bond donors (Lipinski definition) is 0. The minimum Gasteiger partial charge on any atom is -0.484 e. The van der Waals surface area contributed by atoms with Gasteiger partial charge in [0, 0.05) is 49.1 Å². The van der Waals surface area contributed by atoms with E-state index in [1.807, 2.05) is 11.3 Å². The van der Waals surface area contributed by atoms with Crippen LogP contribution in [-0.2, 0) is 6.42 Å². The van der Waals surface area contributed by atoms with Crippen molar-refractivity contribution >= 4 is 60.9 Å². The Hall–Kier alpha value is -6.42. The summed E-state index contributed by atoms with van der Waals surface area (Å²) in [5.74, 6) is 1.15. The average Bonchev–Trinajstić information content (AvgIpc) is 3.84. The number of hydrogen-bond acceptors (Lipinski definition) is 3. The molecule has 2 heterocycles. The SMILES string of the molecule is C1=CC2c3cc(-c4ccccc4)c4ccccc4c3OC2C(c2ccc(N(c3ccccc3)c3ccc(-c4cccc5c6c(sc45)C=CCC6)cc3)cc2)=C1. The van der Waals surface area contributed by atoms with Gasteiger partial charge < -0.3 is 9.64 Å². The second kappa shape index (κ2) is 13.2. The number of nitrogens with zero attached hydrogens (tertiary/aromatic N) is 1. The molecule has 0 spiro atoms. The predicted octanol–water partition coefficient (Wildman–Crippen LogP) is 14.3. The molecule has 0 fully saturated rings. The molecular formula is C52H37NOS. The van der Waals surface area contributed by atoms with Crippen molar-refractivity contribution in [1.29, 1.82) is 0 Å². The third-order valence-electron chi connectivity index (χ3n) is 11.5. The number of benzene rings is 7. The van der Waals surface area contributed by atoms with Gasteiger partial charge in [0.1, 0.15) is 11.9 Å². The lowest BCUT2D eigenvalue weighted by Crippen LogP contribution is -2.21. The number of para-hydroxylation sites is 1. The van der Waals surface area contributed by atoms with Crippen LogP contribution in [0.2, 0.25) is 0 Å². The lowest BCUT2D eigenvalue weighted by Gasteiger charge is -2.27. The van der Waals surface area contributed by atoms with Crippen molar-refractivity contribution in [3.05, 3.63) is 204 Å². The van der Waals surface area contributed by atoms with Crippen molar-refractivity contribution in [3.8, 4) is 28.0 Å². The lowest BCUT2D eigenvalue weighted by molar-refractivity contribution is 0.281. The molecule has 2 aliphatic carbocycles. The summed E-state index contributed by atoms with van der Waals surface area (Å²) in [5.41, 5.74) is 13.5. The van der Waals surface area contributed by atoms with Crippen LogP contribution in [0.1, 0.15) is 33.9 Å². The van der Waals surface area contributed by atoms with Crippen molar-refractivity contribution in [2.45, 2.75) is 24.9 Å². The zero-order valence-electron chi connectivity index (χ0n) is 30.2. The van der Waals surface area contributed by atoms with Gasteiger partial charge in [0.25, 0.3) is 0 Å². The first-order valence-electron chi connectivity index (χ1n) is 19.2. The first kappa shape index (κ1) is 32.0. The summed E-state index contributed by atoms with van der Waals surface area (Å²) in [5, 5.41) is 3.80. The number of aryl methyl sites for hydroxylation is 1. The van der Waals surface area contributed by atoms with Crippen molar-refractivity contribution in [2.24, 2.45) is 0 Å². The maximum absolute atomic E-state index is 6.96. The number of allylic oxidation sites excluding steroid dienone is 3. The first-order chi connectivity index (χ1) is 27.3. The summed E-state index contributed by atoms with van der Waals surface area (Å²) in [7, 11) is 0. The van der Waals surface area contributed by atoms with Gasteiger partial charge in [-0.05, 0) is 106 Å². The minimum absolute atomic E-state index is 0.0904. The molecule has 1 aromatic heterocycles. The van der Waals surface area contributed by atoms with E-state index in [1.165, 1.54) is 70.3 Å². The van der Waals surface area contributed by atoms with Gasteiger partial charge in [0.05, 0.1) is 0 Å². The number of ether oxygens (including phenoxy) is 1. The Morgan fingerprint density at radius 1 is 0.582 bits per heavy atom. The molecule has 55 heavy (non-hydrogen) atoms. The lowest BCUT2D eigenvalue weighted by atomic mass is 9.82. The molecule has 2 atom stereocenters. The molecule has 8 aromatic rings. The Labute approximate surface area is 325 Å². The number of anilines is 3. The van der Waals surface area contributed by atoms with Gasteiger partial charge in [-0.15, -0.1) is 11.3 Å². The Balaban J connectivity index is 0.924. The molecule has 3 aliphatic rings. The third-order valence-corrected chi connectivity index (χ3v) is 12.8. The summed E-state index contributed by atoms with van der Waals surface area (Å²) in [6, 6.07) is 57.3. The van der Waals surface area contributed by atoms with E-state index >= 15 is 0 Å². The Kier molecular flexibility index (Phi) is 7.67. The molecule has 0 N–H and O–H groups in total. The van der Waals surface area contributed by atoms with Crippen molar-refractivity contribution in [3.63, 3.8) is 0 Å². The molecule has 0 radical (unpaired) electrons. The monoisotopic (exact) mass is 723 g/mol. The molecule has 1 aliphatic heterocycles. The van der Waals surface area contributed by atoms with Gasteiger partial charge in [0.2, 0.25) is 0 Å². The number of rotatable bonds is 6. The van der Waals surface area contributed by atoms with Crippen LogP contribution in [0, 0.1) is 0 Å². The molecule has 7 aromatic carbocycles. The molecule has 0 amide bonds. The Morgan fingerprint density at radius 3 is 2.02 bits per heavy atom. The van der Waals surface area contributed by atoms with Gasteiger partial charge >= 0.3 is 0 Å². The van der Waals surface area contributed by atoms with Crippen LogP contribution in [0.15, 0.2) is 182 Å². The molecule has 11 rings (SSSR count). The van der Waals surface area contributed by atoms with E-state index < -0.39 is 0 Å². The number of thiophene rings is 1. The van der Waals surface area contributed by atoms with Gasteiger partial charge in [-0.3, -0.25) is 0 Å². The standard InChI is InChI=1S/C52H37NOS/c1-3-13-34(14-4-1)47-33-48-45-22-11-20-40(50(45)54-51(48)44-19-8-7-17-42(44)47)35-25-29-38(30-26-35)53(37-15-5-2-6-16-37)39-31-27-36(28-32-39)41-21-12-23-46-43-18-9-10-24-49(43)55-52(41)46/h1-8,10-17,19-33,45,50H,9,18H2. The molecule has 262 valence electrons. The summed E-state index contributed by atoms with van der Waals surface area (Å²) in [6.07, 6.45) is 13.5. The van der Waals surface area contributed by atoms with Crippen molar-refractivity contribution < 1.29 is 4.74 Å². The highest BCUT2D eigenvalue weighted by Crippen LogP contribution is 2.51. The van der Waals surface area contributed by atoms with Crippen LogP contribution in [0.5, 0.6) is 5.75 Å². The van der Waals surface area contributed by atoms with Gasteiger partial charge in [0.15, 0.2) is 0 Å². The maximum atomic E-state index is 6.96. The topological polar surface area (TPSA) is 12.5 Å². The average molecular weight is 724 g/mol. The Bertz CT molecular complexity index is 2830. The Morgan fingerprint density at radius 2 is 1.24 bits per heavy atom. The van der Waals surface area contributed by atoms with E-state index in [0.29, 0.717) is 0 Å². The summed E-state index contributed by atoms with van der Waals surface area (Å²) in [4.78, 5) is 3.76. The second-order valence-electron chi connectivity index (χ2n) is 14.7.